The van der Waals surface area contributed by atoms with E-state index in [1.807, 2.05) is 24.4 Å². The standard InChI is InChI=1S/C11H7NOS/c1-2-9(13-6-1)11-8-4-7-14-10(8)3-5-12-11/h1-7H. The third-order valence-corrected chi connectivity index (χ3v) is 3.02. The van der Waals surface area contributed by atoms with Gasteiger partial charge in [0, 0.05) is 16.3 Å². The molecular formula is C11H7NOS. The van der Waals surface area contributed by atoms with Crippen molar-refractivity contribution in [3.8, 4) is 11.5 Å². The van der Waals surface area contributed by atoms with Gasteiger partial charge in [-0.15, -0.1) is 11.3 Å². The minimum Gasteiger partial charge on any atom is -0.463 e. The van der Waals surface area contributed by atoms with E-state index in [0.717, 1.165) is 16.8 Å². The molecule has 0 bridgehead atoms. The molecule has 0 N–H and O–H groups in total. The Balaban J connectivity index is 2.36. The molecule has 2 nitrogen and oxygen atoms in total. The molecule has 14 heavy (non-hydrogen) atoms. The number of hydrogen-bond acceptors (Lipinski definition) is 3. The van der Waals surface area contributed by atoms with Crippen LogP contribution in [0, 0.1) is 0 Å². The van der Waals surface area contributed by atoms with Gasteiger partial charge in [-0.1, -0.05) is 0 Å². The molecule has 0 aliphatic rings. The lowest BCUT2D eigenvalue weighted by molar-refractivity contribution is 0.581. The number of aromatic nitrogens is 1. The first-order valence-electron chi connectivity index (χ1n) is 4.31. The molecule has 0 fully saturated rings. The van der Waals surface area contributed by atoms with Crippen molar-refractivity contribution in [2.24, 2.45) is 0 Å². The molecule has 3 aromatic rings. The van der Waals surface area contributed by atoms with Gasteiger partial charge in [0.05, 0.1) is 6.26 Å². The number of rotatable bonds is 1. The molecule has 3 rings (SSSR count). The van der Waals surface area contributed by atoms with Gasteiger partial charge in [0.1, 0.15) is 5.69 Å². The average molecular weight is 201 g/mol. The average Bonchev–Trinajstić information content (AvgIpc) is 2.88. The van der Waals surface area contributed by atoms with Crippen LogP contribution in [-0.4, -0.2) is 4.98 Å². The maximum atomic E-state index is 5.34. The van der Waals surface area contributed by atoms with E-state index in [-0.39, 0.29) is 0 Å². The van der Waals surface area contributed by atoms with Crippen molar-refractivity contribution >= 4 is 21.4 Å². The number of fused-ring (bicyclic) bond motifs is 1. The third-order valence-electron chi connectivity index (χ3n) is 2.13. The van der Waals surface area contributed by atoms with Crippen LogP contribution in [0.15, 0.2) is 46.5 Å². The third kappa shape index (κ3) is 1.06. The molecule has 3 aromatic heterocycles. The summed E-state index contributed by atoms with van der Waals surface area (Å²) >= 11 is 1.72. The van der Waals surface area contributed by atoms with Crippen molar-refractivity contribution in [3.05, 3.63) is 42.1 Å². The van der Waals surface area contributed by atoms with E-state index in [4.69, 9.17) is 4.42 Å². The first-order chi connectivity index (χ1) is 6.95. The second kappa shape index (κ2) is 2.96. The largest absolute Gasteiger partial charge is 0.463 e. The molecule has 0 radical (unpaired) electrons. The molecule has 0 spiro atoms. The number of thiophene rings is 1. The van der Waals surface area contributed by atoms with Gasteiger partial charge in [-0.3, -0.25) is 4.98 Å². The number of nitrogens with zero attached hydrogens (tertiary/aromatic N) is 1. The predicted octanol–water partition coefficient (Wildman–Crippen LogP) is 3.56. The van der Waals surface area contributed by atoms with Crippen LogP contribution in [-0.2, 0) is 0 Å². The van der Waals surface area contributed by atoms with E-state index in [1.54, 1.807) is 17.6 Å². The molecule has 0 aromatic carbocycles. The van der Waals surface area contributed by atoms with Gasteiger partial charge in [0.25, 0.3) is 0 Å². The van der Waals surface area contributed by atoms with E-state index >= 15 is 0 Å². The monoisotopic (exact) mass is 201 g/mol. The highest BCUT2D eigenvalue weighted by Gasteiger charge is 2.07. The summed E-state index contributed by atoms with van der Waals surface area (Å²) < 4.78 is 6.58. The summed E-state index contributed by atoms with van der Waals surface area (Å²) in [6.45, 7) is 0. The maximum Gasteiger partial charge on any atom is 0.152 e. The fourth-order valence-electron chi connectivity index (χ4n) is 1.50. The molecule has 68 valence electrons. The summed E-state index contributed by atoms with van der Waals surface area (Å²) in [6, 6.07) is 7.90. The molecular weight excluding hydrogens is 194 g/mol. The highest BCUT2D eigenvalue weighted by molar-refractivity contribution is 7.17. The number of hydrogen-bond donors (Lipinski definition) is 0. The zero-order valence-corrected chi connectivity index (χ0v) is 8.12. The molecule has 0 amide bonds. The maximum absolute atomic E-state index is 5.34. The van der Waals surface area contributed by atoms with Crippen LogP contribution in [0.5, 0.6) is 0 Å². The first-order valence-corrected chi connectivity index (χ1v) is 5.19. The van der Waals surface area contributed by atoms with Gasteiger partial charge in [-0.05, 0) is 29.6 Å². The van der Waals surface area contributed by atoms with Crippen LogP contribution < -0.4 is 0 Å². The van der Waals surface area contributed by atoms with Gasteiger partial charge >= 0.3 is 0 Å². The highest BCUT2D eigenvalue weighted by atomic mass is 32.1. The van der Waals surface area contributed by atoms with Crippen LogP contribution in [0.3, 0.4) is 0 Å². The Kier molecular flexibility index (Phi) is 1.64. The van der Waals surface area contributed by atoms with E-state index in [2.05, 4.69) is 16.4 Å². The Labute approximate surface area is 84.8 Å². The smallest absolute Gasteiger partial charge is 0.152 e. The summed E-state index contributed by atoms with van der Waals surface area (Å²) in [5.74, 6) is 0.828. The molecule has 3 heteroatoms. The van der Waals surface area contributed by atoms with Crippen molar-refractivity contribution in [1.82, 2.24) is 4.98 Å². The molecule has 0 unspecified atom stereocenters. The molecule has 0 saturated heterocycles. The van der Waals surface area contributed by atoms with Crippen molar-refractivity contribution in [1.29, 1.82) is 0 Å². The van der Waals surface area contributed by atoms with Gasteiger partial charge in [0.15, 0.2) is 5.76 Å². The summed E-state index contributed by atoms with van der Waals surface area (Å²) in [4.78, 5) is 4.33. The van der Waals surface area contributed by atoms with Crippen molar-refractivity contribution < 1.29 is 4.42 Å². The zero-order valence-electron chi connectivity index (χ0n) is 7.31. The quantitative estimate of drug-likeness (QED) is 0.601. The SMILES string of the molecule is c1coc(-c2nccc3sccc23)c1. The lowest BCUT2D eigenvalue weighted by Gasteiger charge is -1.96. The Morgan fingerprint density at radius 1 is 1.21 bits per heavy atom. The van der Waals surface area contributed by atoms with Crippen LogP contribution in [0.25, 0.3) is 21.5 Å². The molecule has 0 atom stereocenters. The molecule has 0 aliphatic heterocycles. The highest BCUT2D eigenvalue weighted by Crippen LogP contribution is 2.29. The number of pyridine rings is 1. The second-order valence-electron chi connectivity index (χ2n) is 2.97. The van der Waals surface area contributed by atoms with Gasteiger partial charge < -0.3 is 4.42 Å². The Hall–Kier alpha value is -1.61. The zero-order chi connectivity index (χ0) is 9.38. The topological polar surface area (TPSA) is 26.0 Å². The number of furan rings is 1. The lowest BCUT2D eigenvalue weighted by atomic mass is 10.2. The normalized spacial score (nSPS) is 10.9. The Morgan fingerprint density at radius 3 is 3.07 bits per heavy atom. The molecule has 3 heterocycles. The fraction of sp³-hybridized carbons (Fsp3) is 0. The Morgan fingerprint density at radius 2 is 2.21 bits per heavy atom. The van der Waals surface area contributed by atoms with Crippen molar-refractivity contribution in [3.63, 3.8) is 0 Å². The molecule has 0 saturated carbocycles. The second-order valence-corrected chi connectivity index (χ2v) is 3.92. The van der Waals surface area contributed by atoms with E-state index in [9.17, 15) is 0 Å². The summed E-state index contributed by atoms with van der Waals surface area (Å²) in [6.07, 6.45) is 3.49. The first kappa shape index (κ1) is 7.76. The summed E-state index contributed by atoms with van der Waals surface area (Å²) in [5.41, 5.74) is 0.925. The molecule has 0 aliphatic carbocycles. The van der Waals surface area contributed by atoms with Crippen molar-refractivity contribution in [2.75, 3.05) is 0 Å². The predicted molar refractivity (Wildman–Crippen MR) is 57.3 cm³/mol. The van der Waals surface area contributed by atoms with E-state index < -0.39 is 0 Å². The van der Waals surface area contributed by atoms with Crippen molar-refractivity contribution in [2.45, 2.75) is 0 Å². The lowest BCUT2D eigenvalue weighted by Crippen LogP contribution is -1.79. The summed E-state index contributed by atoms with van der Waals surface area (Å²) in [7, 11) is 0. The summed E-state index contributed by atoms with van der Waals surface area (Å²) in [5, 5.41) is 3.23. The van der Waals surface area contributed by atoms with Gasteiger partial charge in [-0.2, -0.15) is 0 Å². The van der Waals surface area contributed by atoms with E-state index in [1.165, 1.54) is 4.70 Å². The van der Waals surface area contributed by atoms with Gasteiger partial charge in [-0.25, -0.2) is 0 Å². The minimum absolute atomic E-state index is 0.828. The fourth-order valence-corrected chi connectivity index (χ4v) is 2.29. The van der Waals surface area contributed by atoms with Crippen LogP contribution in [0.1, 0.15) is 0 Å². The van der Waals surface area contributed by atoms with Crippen LogP contribution in [0.4, 0.5) is 0 Å². The Bertz CT molecular complexity index is 553. The van der Waals surface area contributed by atoms with E-state index in [0.29, 0.717) is 0 Å². The minimum atomic E-state index is 0.828. The van der Waals surface area contributed by atoms with Crippen LogP contribution in [0.2, 0.25) is 0 Å². The van der Waals surface area contributed by atoms with Gasteiger partial charge in [0.2, 0.25) is 0 Å². The van der Waals surface area contributed by atoms with Crippen LogP contribution >= 0.6 is 11.3 Å².